The number of Topliss-reactive ketones (excluding diaryl/α,β-unsaturated/α-hetero) is 1. The minimum atomic E-state index is 0.0820. The molecule has 0 atom stereocenters. The average molecular weight is 272 g/mol. The number of rotatable bonds is 5. The minimum Gasteiger partial charge on any atom is -0.294 e. The number of hydrogen-bond acceptors (Lipinski definition) is 2. The summed E-state index contributed by atoms with van der Waals surface area (Å²) in [6.45, 7) is 5.88. The summed E-state index contributed by atoms with van der Waals surface area (Å²) in [5.41, 5.74) is 0.945. The zero-order chi connectivity index (χ0) is 14.3. The molecule has 2 heteroatoms. The van der Waals surface area contributed by atoms with Crippen molar-refractivity contribution in [1.82, 2.24) is 0 Å². The fourth-order valence-corrected chi connectivity index (χ4v) is 2.65. The Labute approximate surface area is 120 Å². The van der Waals surface area contributed by atoms with Crippen LogP contribution in [0.25, 0.3) is 0 Å². The molecule has 100 valence electrons. The van der Waals surface area contributed by atoms with Crippen molar-refractivity contribution in [1.29, 1.82) is 0 Å². The molecule has 0 amide bonds. The van der Waals surface area contributed by atoms with Crippen molar-refractivity contribution < 1.29 is 4.79 Å². The van der Waals surface area contributed by atoms with Crippen molar-refractivity contribution >= 4 is 17.5 Å². The molecular formula is C17H20OS. The molecular weight excluding hydrogens is 252 g/mol. The van der Waals surface area contributed by atoms with Gasteiger partial charge in [0, 0.05) is 10.8 Å². The Balaban J connectivity index is 2.72. The number of ketones is 1. The molecule has 19 heavy (non-hydrogen) atoms. The maximum Gasteiger partial charge on any atom is 0.161 e. The molecule has 1 nitrogen and oxygen atoms in total. The summed E-state index contributed by atoms with van der Waals surface area (Å²) < 4.78 is 0. The Kier molecular flexibility index (Phi) is 6.45. The first-order valence-corrected chi connectivity index (χ1v) is 7.31. The Morgan fingerprint density at radius 2 is 2.16 bits per heavy atom. The maximum atomic E-state index is 11.9. The summed E-state index contributed by atoms with van der Waals surface area (Å²) >= 11 is 1.71. The van der Waals surface area contributed by atoms with Gasteiger partial charge in [0.25, 0.3) is 0 Å². The van der Waals surface area contributed by atoms with E-state index >= 15 is 0 Å². The smallest absolute Gasteiger partial charge is 0.161 e. The van der Waals surface area contributed by atoms with Crippen LogP contribution in [0.15, 0.2) is 45.8 Å². The van der Waals surface area contributed by atoms with E-state index in [2.05, 4.69) is 12.0 Å². The highest BCUT2D eigenvalue weighted by molar-refractivity contribution is 8.06. The van der Waals surface area contributed by atoms with Gasteiger partial charge in [-0.3, -0.25) is 4.79 Å². The van der Waals surface area contributed by atoms with E-state index in [0.29, 0.717) is 0 Å². The monoisotopic (exact) mass is 272 g/mol. The average Bonchev–Trinajstić information content (AvgIpc) is 2.43. The molecule has 0 aromatic carbocycles. The number of thioether (sulfide) groups is 1. The lowest BCUT2D eigenvalue weighted by Gasteiger charge is -2.15. The second-order valence-corrected chi connectivity index (χ2v) is 5.84. The highest BCUT2D eigenvalue weighted by Gasteiger charge is 2.16. The van der Waals surface area contributed by atoms with Crippen LogP contribution in [-0.4, -0.2) is 5.78 Å². The van der Waals surface area contributed by atoms with Gasteiger partial charge in [0.15, 0.2) is 5.78 Å². The second kappa shape index (κ2) is 7.86. The van der Waals surface area contributed by atoms with Gasteiger partial charge in [0.05, 0.1) is 0 Å². The van der Waals surface area contributed by atoms with Gasteiger partial charge in [-0.05, 0) is 42.4 Å². The van der Waals surface area contributed by atoms with Crippen LogP contribution in [0.5, 0.6) is 0 Å². The quantitative estimate of drug-likeness (QED) is 0.535. The topological polar surface area (TPSA) is 17.1 Å². The minimum absolute atomic E-state index is 0.0820. The van der Waals surface area contributed by atoms with Gasteiger partial charge in [-0.15, -0.1) is 6.42 Å². The van der Waals surface area contributed by atoms with E-state index in [4.69, 9.17) is 6.42 Å². The molecule has 0 saturated heterocycles. The van der Waals surface area contributed by atoms with Crippen LogP contribution in [0.3, 0.4) is 0 Å². The highest BCUT2D eigenvalue weighted by Crippen LogP contribution is 2.33. The van der Waals surface area contributed by atoms with E-state index < -0.39 is 0 Å². The van der Waals surface area contributed by atoms with E-state index in [9.17, 15) is 4.79 Å². The first-order valence-electron chi connectivity index (χ1n) is 6.49. The summed E-state index contributed by atoms with van der Waals surface area (Å²) in [4.78, 5) is 14.3. The first-order chi connectivity index (χ1) is 9.08. The molecule has 0 fully saturated rings. The number of carbonyl (C=O) groups excluding carboxylic acids is 1. The summed E-state index contributed by atoms with van der Waals surface area (Å²) in [6, 6.07) is 0. The molecule has 1 aliphatic rings. The normalized spacial score (nSPS) is 16.3. The molecule has 0 aromatic rings. The van der Waals surface area contributed by atoms with E-state index in [-0.39, 0.29) is 11.7 Å². The fourth-order valence-electron chi connectivity index (χ4n) is 1.75. The van der Waals surface area contributed by atoms with Gasteiger partial charge in [-0.1, -0.05) is 49.8 Å². The predicted molar refractivity (Wildman–Crippen MR) is 84.6 cm³/mol. The van der Waals surface area contributed by atoms with E-state index in [0.717, 1.165) is 23.3 Å². The molecule has 0 aromatic heterocycles. The third-order valence-corrected chi connectivity index (χ3v) is 4.04. The van der Waals surface area contributed by atoms with Gasteiger partial charge in [0.2, 0.25) is 0 Å². The van der Waals surface area contributed by atoms with Crippen LogP contribution in [0.4, 0.5) is 0 Å². The fraction of sp³-hybridized carbons (Fsp3) is 0.353. The molecule has 0 N–H and O–H groups in total. The zero-order valence-corrected chi connectivity index (χ0v) is 12.6. The largest absolute Gasteiger partial charge is 0.294 e. The summed E-state index contributed by atoms with van der Waals surface area (Å²) in [5, 5.41) is 0. The maximum absolute atomic E-state index is 11.9. The van der Waals surface area contributed by atoms with Gasteiger partial charge >= 0.3 is 0 Å². The van der Waals surface area contributed by atoms with Crippen LogP contribution in [0.1, 0.15) is 33.6 Å². The summed E-state index contributed by atoms with van der Waals surface area (Å²) in [7, 11) is 0. The van der Waals surface area contributed by atoms with Crippen LogP contribution in [-0.2, 0) is 4.79 Å². The second-order valence-electron chi connectivity index (χ2n) is 4.64. The van der Waals surface area contributed by atoms with Crippen LogP contribution >= 0.6 is 11.8 Å². The number of carbonyl (C=O) groups is 1. The highest BCUT2D eigenvalue weighted by atomic mass is 32.2. The van der Waals surface area contributed by atoms with Crippen LogP contribution < -0.4 is 0 Å². The Bertz CT molecular complexity index is 496. The van der Waals surface area contributed by atoms with Gasteiger partial charge in [-0.2, -0.15) is 0 Å². The van der Waals surface area contributed by atoms with Crippen molar-refractivity contribution in [2.45, 2.75) is 33.6 Å². The van der Waals surface area contributed by atoms with Crippen molar-refractivity contribution in [3.63, 3.8) is 0 Å². The zero-order valence-electron chi connectivity index (χ0n) is 11.8. The third-order valence-electron chi connectivity index (χ3n) is 2.83. The first kappa shape index (κ1) is 15.6. The lowest BCUT2D eigenvalue weighted by atomic mass is 9.94. The Morgan fingerprint density at radius 1 is 1.42 bits per heavy atom. The third kappa shape index (κ3) is 4.96. The van der Waals surface area contributed by atoms with Crippen LogP contribution in [0, 0.1) is 18.3 Å². The number of hydrogen-bond donors (Lipinski definition) is 0. The number of terminal acetylenes is 1. The molecule has 0 spiro atoms. The van der Waals surface area contributed by atoms with Crippen LogP contribution in [0.2, 0.25) is 0 Å². The molecule has 1 aliphatic carbocycles. The Hall–Kier alpha value is -1.46. The molecule has 0 radical (unpaired) electrons. The molecule has 0 aliphatic heterocycles. The molecule has 0 heterocycles. The Morgan fingerprint density at radius 3 is 2.63 bits per heavy atom. The molecule has 0 unspecified atom stereocenters. The standard InChI is InChI=1S/C17H20OS/c1-5-7-8-15(6-2)19-16-11-9-14(10-12-16)17(18)13(3)4/h1,6-9,11,13H,10,12H2,2-4H3. The van der Waals surface area contributed by atoms with E-state index in [1.807, 2.05) is 39.0 Å². The predicted octanol–water partition coefficient (Wildman–Crippen LogP) is 4.64. The molecule has 0 bridgehead atoms. The van der Waals surface area contributed by atoms with Crippen molar-refractivity contribution in [2.75, 3.05) is 0 Å². The summed E-state index contributed by atoms with van der Waals surface area (Å²) in [5.74, 6) is 2.84. The van der Waals surface area contributed by atoms with Crippen molar-refractivity contribution in [2.24, 2.45) is 5.92 Å². The summed E-state index contributed by atoms with van der Waals surface area (Å²) in [6.07, 6.45) is 16.7. The van der Waals surface area contributed by atoms with Gasteiger partial charge in [0.1, 0.15) is 0 Å². The van der Waals surface area contributed by atoms with E-state index in [1.54, 1.807) is 17.8 Å². The molecule has 1 rings (SSSR count). The lowest BCUT2D eigenvalue weighted by molar-refractivity contribution is -0.118. The SMILES string of the molecule is C#CC=CC(=CC)SC1=CC=C(C(=O)C(C)C)CC1. The van der Waals surface area contributed by atoms with E-state index in [1.165, 1.54) is 4.91 Å². The van der Waals surface area contributed by atoms with Gasteiger partial charge < -0.3 is 0 Å². The lowest BCUT2D eigenvalue weighted by Crippen LogP contribution is -2.11. The van der Waals surface area contributed by atoms with Crippen molar-refractivity contribution in [3.05, 3.63) is 45.8 Å². The van der Waals surface area contributed by atoms with Gasteiger partial charge in [-0.25, -0.2) is 0 Å². The number of allylic oxidation sites excluding steroid dienone is 7. The molecule has 0 saturated carbocycles. The van der Waals surface area contributed by atoms with Crippen molar-refractivity contribution in [3.8, 4) is 12.3 Å².